The quantitative estimate of drug-likeness (QED) is 0.688. The standard InChI is InChI=1S/C13H17Br2NO3S/c1-7(2)3-8(4-11(17)18)6-16-13(19)10-5-9(14)12(15)20-10/h5,7-8H,3-4,6H2,1-2H3,(H,16,19)(H,17,18). The van der Waals surface area contributed by atoms with Gasteiger partial charge >= 0.3 is 5.97 Å². The van der Waals surface area contributed by atoms with E-state index in [1.165, 1.54) is 11.3 Å². The van der Waals surface area contributed by atoms with E-state index in [1.807, 2.05) is 13.8 Å². The second-order valence-corrected chi connectivity index (χ2v) is 8.26. The highest BCUT2D eigenvalue weighted by Gasteiger charge is 2.18. The lowest BCUT2D eigenvalue weighted by molar-refractivity contribution is -0.138. The van der Waals surface area contributed by atoms with Crippen LogP contribution >= 0.6 is 43.2 Å². The second kappa shape index (κ2) is 8.14. The van der Waals surface area contributed by atoms with Crippen LogP contribution in [0.3, 0.4) is 0 Å². The molecule has 1 aromatic heterocycles. The summed E-state index contributed by atoms with van der Waals surface area (Å²) in [6, 6.07) is 1.75. The van der Waals surface area contributed by atoms with Gasteiger partial charge in [0.25, 0.3) is 5.91 Å². The zero-order chi connectivity index (χ0) is 15.3. The molecule has 4 nitrogen and oxygen atoms in total. The number of aliphatic carboxylic acids is 1. The Morgan fingerprint density at radius 3 is 2.50 bits per heavy atom. The van der Waals surface area contributed by atoms with Crippen LogP contribution < -0.4 is 5.32 Å². The molecule has 1 atom stereocenters. The van der Waals surface area contributed by atoms with Crippen molar-refractivity contribution in [2.75, 3.05) is 6.54 Å². The summed E-state index contributed by atoms with van der Waals surface area (Å²) in [6.07, 6.45) is 0.862. The van der Waals surface area contributed by atoms with E-state index >= 15 is 0 Å². The molecular formula is C13H17Br2NO3S. The van der Waals surface area contributed by atoms with E-state index in [4.69, 9.17) is 5.11 Å². The average Bonchev–Trinajstić information content (AvgIpc) is 2.65. The number of carboxylic acid groups (broad SMARTS) is 1. The minimum absolute atomic E-state index is 0.0386. The molecule has 0 saturated heterocycles. The number of thiophene rings is 1. The number of rotatable bonds is 7. The van der Waals surface area contributed by atoms with Crippen molar-refractivity contribution in [3.63, 3.8) is 0 Å². The molecule has 1 amide bonds. The van der Waals surface area contributed by atoms with E-state index in [1.54, 1.807) is 6.07 Å². The number of hydrogen-bond donors (Lipinski definition) is 2. The Balaban J connectivity index is 2.57. The lowest BCUT2D eigenvalue weighted by Gasteiger charge is -2.17. The molecule has 0 saturated carbocycles. The minimum Gasteiger partial charge on any atom is -0.481 e. The van der Waals surface area contributed by atoms with Crippen molar-refractivity contribution in [3.05, 3.63) is 19.2 Å². The molecule has 1 heterocycles. The van der Waals surface area contributed by atoms with Gasteiger partial charge in [0.05, 0.1) is 8.66 Å². The maximum Gasteiger partial charge on any atom is 0.303 e. The fourth-order valence-electron chi connectivity index (χ4n) is 1.94. The van der Waals surface area contributed by atoms with Crippen molar-refractivity contribution in [1.29, 1.82) is 0 Å². The van der Waals surface area contributed by atoms with Crippen LogP contribution in [0.2, 0.25) is 0 Å². The van der Waals surface area contributed by atoms with Crippen molar-refractivity contribution in [2.45, 2.75) is 26.7 Å². The average molecular weight is 427 g/mol. The van der Waals surface area contributed by atoms with Gasteiger partial charge in [-0.3, -0.25) is 9.59 Å². The first-order valence-corrected chi connectivity index (χ1v) is 8.64. The molecule has 0 fully saturated rings. The number of hydrogen-bond acceptors (Lipinski definition) is 3. The van der Waals surface area contributed by atoms with Crippen molar-refractivity contribution in [3.8, 4) is 0 Å². The highest BCUT2D eigenvalue weighted by molar-refractivity contribution is 9.13. The highest BCUT2D eigenvalue weighted by atomic mass is 79.9. The zero-order valence-electron chi connectivity index (χ0n) is 11.3. The lowest BCUT2D eigenvalue weighted by atomic mass is 9.94. The van der Waals surface area contributed by atoms with Gasteiger partial charge in [-0.2, -0.15) is 0 Å². The summed E-state index contributed by atoms with van der Waals surface area (Å²) in [5, 5.41) is 11.7. The molecule has 0 spiro atoms. The summed E-state index contributed by atoms with van der Waals surface area (Å²) in [7, 11) is 0. The van der Waals surface area contributed by atoms with Crippen LogP contribution in [0.1, 0.15) is 36.4 Å². The number of halogens is 2. The first-order chi connectivity index (χ1) is 9.29. The van der Waals surface area contributed by atoms with Gasteiger partial charge in [0.2, 0.25) is 0 Å². The van der Waals surface area contributed by atoms with Gasteiger partial charge in [-0.05, 0) is 56.2 Å². The first kappa shape index (κ1) is 17.7. The predicted octanol–water partition coefficient (Wildman–Crippen LogP) is 4.14. The molecule has 0 aliphatic rings. The Hall–Kier alpha value is -0.400. The van der Waals surface area contributed by atoms with Crippen molar-refractivity contribution < 1.29 is 14.7 Å². The SMILES string of the molecule is CC(C)CC(CNC(=O)c1cc(Br)c(Br)s1)CC(=O)O. The summed E-state index contributed by atoms with van der Waals surface area (Å²) in [5.41, 5.74) is 0. The Morgan fingerprint density at radius 2 is 2.05 bits per heavy atom. The van der Waals surface area contributed by atoms with Crippen molar-refractivity contribution >= 4 is 55.1 Å². The zero-order valence-corrected chi connectivity index (χ0v) is 15.3. The molecule has 0 aromatic carbocycles. The topological polar surface area (TPSA) is 66.4 Å². The van der Waals surface area contributed by atoms with Crippen LogP contribution in [0.25, 0.3) is 0 Å². The van der Waals surface area contributed by atoms with E-state index in [0.29, 0.717) is 17.3 Å². The number of carboxylic acids is 1. The molecule has 0 bridgehead atoms. The summed E-state index contributed by atoms with van der Waals surface area (Å²) < 4.78 is 1.71. The molecular weight excluding hydrogens is 410 g/mol. The Bertz CT molecular complexity index is 468. The van der Waals surface area contributed by atoms with Crippen LogP contribution in [-0.4, -0.2) is 23.5 Å². The third-order valence-corrected chi connectivity index (χ3v) is 5.94. The number of carbonyl (C=O) groups excluding carboxylic acids is 1. The van der Waals surface area contributed by atoms with Crippen LogP contribution in [0.15, 0.2) is 14.3 Å². The van der Waals surface area contributed by atoms with Crippen LogP contribution in [-0.2, 0) is 4.79 Å². The summed E-state index contributed by atoms with van der Waals surface area (Å²) in [6.45, 7) is 4.48. The Kier molecular flexibility index (Phi) is 7.19. The first-order valence-electron chi connectivity index (χ1n) is 6.24. The molecule has 1 unspecified atom stereocenters. The molecule has 1 aromatic rings. The van der Waals surface area contributed by atoms with Crippen LogP contribution in [0, 0.1) is 11.8 Å². The summed E-state index contributed by atoms with van der Waals surface area (Å²) >= 11 is 8.02. The minimum atomic E-state index is -0.827. The van der Waals surface area contributed by atoms with E-state index in [9.17, 15) is 9.59 Å². The molecule has 20 heavy (non-hydrogen) atoms. The van der Waals surface area contributed by atoms with Gasteiger partial charge < -0.3 is 10.4 Å². The van der Waals surface area contributed by atoms with Gasteiger partial charge in [-0.15, -0.1) is 11.3 Å². The smallest absolute Gasteiger partial charge is 0.303 e. The maximum absolute atomic E-state index is 12.0. The highest BCUT2D eigenvalue weighted by Crippen LogP contribution is 2.32. The van der Waals surface area contributed by atoms with Crippen molar-refractivity contribution in [1.82, 2.24) is 5.32 Å². The summed E-state index contributed by atoms with van der Waals surface area (Å²) in [5.74, 6) is -0.628. The number of carbonyl (C=O) groups is 2. The van der Waals surface area contributed by atoms with Gasteiger partial charge in [-0.25, -0.2) is 0 Å². The number of nitrogens with one attached hydrogen (secondary N) is 1. The second-order valence-electron chi connectivity index (χ2n) is 5.04. The molecule has 0 aliphatic heterocycles. The largest absolute Gasteiger partial charge is 0.481 e. The third-order valence-electron chi connectivity index (χ3n) is 2.69. The van der Waals surface area contributed by atoms with E-state index < -0.39 is 5.97 Å². The van der Waals surface area contributed by atoms with E-state index in [0.717, 1.165) is 14.7 Å². The molecule has 1 rings (SSSR count). The van der Waals surface area contributed by atoms with Crippen LogP contribution in [0.4, 0.5) is 0 Å². The molecule has 2 N–H and O–H groups in total. The van der Waals surface area contributed by atoms with Gasteiger partial charge in [0, 0.05) is 17.4 Å². The number of amides is 1. The monoisotopic (exact) mass is 425 g/mol. The molecule has 7 heteroatoms. The lowest BCUT2D eigenvalue weighted by Crippen LogP contribution is -2.30. The Morgan fingerprint density at radius 1 is 1.40 bits per heavy atom. The van der Waals surface area contributed by atoms with Gasteiger partial charge in [0.1, 0.15) is 0 Å². The third kappa shape index (κ3) is 5.93. The summed E-state index contributed by atoms with van der Waals surface area (Å²) in [4.78, 5) is 23.4. The van der Waals surface area contributed by atoms with E-state index in [2.05, 4.69) is 37.2 Å². The molecule has 0 radical (unpaired) electrons. The predicted molar refractivity (Wildman–Crippen MR) is 87.3 cm³/mol. The van der Waals surface area contributed by atoms with Crippen molar-refractivity contribution in [2.24, 2.45) is 11.8 Å². The molecule has 112 valence electrons. The fraction of sp³-hybridized carbons (Fsp3) is 0.538. The van der Waals surface area contributed by atoms with E-state index in [-0.39, 0.29) is 18.2 Å². The van der Waals surface area contributed by atoms with Crippen LogP contribution in [0.5, 0.6) is 0 Å². The van der Waals surface area contributed by atoms with Gasteiger partial charge in [0.15, 0.2) is 0 Å². The fourth-order valence-corrected chi connectivity index (χ4v) is 3.89. The molecule has 0 aliphatic carbocycles. The Labute approximate surface area is 139 Å². The maximum atomic E-state index is 12.0. The normalized spacial score (nSPS) is 12.4. The van der Waals surface area contributed by atoms with Gasteiger partial charge in [-0.1, -0.05) is 13.8 Å².